The Kier molecular flexibility index (Phi) is 105. The molecule has 0 bridgehead atoms. The molecule has 0 aromatic carbocycles. The molecule has 0 N–H and O–H groups in total. The number of unbranched alkanes of at least 4 members (excludes halogenated alkanes) is 1. The quantitative estimate of drug-likeness (QED) is 0.364. The first-order valence-corrected chi connectivity index (χ1v) is 1.79. The van der Waals surface area contributed by atoms with Crippen molar-refractivity contribution in [3.05, 3.63) is 6.92 Å². The van der Waals surface area contributed by atoms with E-state index in [2.05, 4.69) is 6.92 Å². The molecular formula is C4H8Br2Mg2O. The summed E-state index contributed by atoms with van der Waals surface area (Å²) in [6.45, 7) is 3.51. The van der Waals surface area contributed by atoms with Crippen LogP contribution in [0, 0.1) is 6.92 Å². The fourth-order valence-corrected chi connectivity index (χ4v) is 0.102. The Bertz CT molecular complexity index is 24.0. The molecule has 0 aliphatic heterocycles. The van der Waals surface area contributed by atoms with Gasteiger partial charge in [0.1, 0.15) is 0 Å². The van der Waals surface area contributed by atoms with Crippen LogP contribution < -0.4 is 39.1 Å². The summed E-state index contributed by atoms with van der Waals surface area (Å²) in [5.74, 6) is 0. The summed E-state index contributed by atoms with van der Waals surface area (Å²) >= 11 is 0. The number of hydrogen-bond donors (Lipinski definition) is 0. The van der Waals surface area contributed by atoms with Gasteiger partial charge in [-0.25, -0.2) is 0 Å². The van der Waals surface area contributed by atoms with E-state index >= 15 is 0 Å². The number of rotatable bonds is 2. The van der Waals surface area contributed by atoms with Gasteiger partial charge in [-0.2, -0.15) is 6.42 Å². The molecule has 0 aromatic heterocycles. The van der Waals surface area contributed by atoms with E-state index in [1.165, 1.54) is 0 Å². The average Bonchev–Trinajstić information content (AvgIpc) is 1.41. The first-order valence-electron chi connectivity index (χ1n) is 1.79. The molecule has 0 radical (unpaired) electrons. The smallest absolute Gasteiger partial charge is 1.00 e. The zero-order valence-corrected chi connectivity index (χ0v) is 11.4. The van der Waals surface area contributed by atoms with Crippen molar-refractivity contribution in [3.8, 4) is 0 Å². The zero-order chi connectivity index (χ0) is 4.12. The maximum absolute atomic E-state index is 9.49. The van der Waals surface area contributed by atoms with Crippen molar-refractivity contribution in [2.75, 3.05) is 6.61 Å². The van der Waals surface area contributed by atoms with Crippen LogP contribution in [0.15, 0.2) is 0 Å². The summed E-state index contributed by atoms with van der Waals surface area (Å²) in [5.41, 5.74) is 0. The molecule has 0 fully saturated rings. The molecule has 0 heterocycles. The minimum atomic E-state index is 0. The summed E-state index contributed by atoms with van der Waals surface area (Å²) in [6.07, 6.45) is 1.50. The van der Waals surface area contributed by atoms with Gasteiger partial charge >= 0.3 is 46.1 Å². The fraction of sp³-hybridized carbons (Fsp3) is 0.750. The molecule has 48 valence electrons. The molecule has 9 heavy (non-hydrogen) atoms. The molecule has 0 atom stereocenters. The minimum Gasteiger partial charge on any atom is -1.00 e. The number of halogens is 2. The maximum Gasteiger partial charge on any atom is 2.00 e. The van der Waals surface area contributed by atoms with E-state index in [0.29, 0.717) is 0 Å². The second kappa shape index (κ2) is 31.4. The van der Waals surface area contributed by atoms with Crippen molar-refractivity contribution in [2.24, 2.45) is 0 Å². The predicted octanol–water partition coefficient (Wildman–Crippen LogP) is -6.79. The Morgan fingerprint density at radius 1 is 1.11 bits per heavy atom. The molecule has 0 amide bonds. The van der Waals surface area contributed by atoms with Crippen molar-refractivity contribution in [1.29, 1.82) is 0 Å². The van der Waals surface area contributed by atoms with Crippen LogP contribution in [-0.4, -0.2) is 52.7 Å². The van der Waals surface area contributed by atoms with Gasteiger partial charge in [-0.1, -0.05) is 6.42 Å². The minimum absolute atomic E-state index is 0. The van der Waals surface area contributed by atoms with Crippen LogP contribution in [0.4, 0.5) is 0 Å². The van der Waals surface area contributed by atoms with Gasteiger partial charge in [-0.05, 0) is 0 Å². The molecule has 0 aliphatic rings. The van der Waals surface area contributed by atoms with Gasteiger partial charge in [0, 0.05) is 0 Å². The molecule has 0 aliphatic carbocycles. The Labute approximate surface area is 110 Å². The molecule has 0 saturated heterocycles. The van der Waals surface area contributed by atoms with E-state index in [1.807, 2.05) is 0 Å². The normalized spacial score (nSPS) is 4.67. The van der Waals surface area contributed by atoms with E-state index in [0.717, 1.165) is 12.8 Å². The molecule has 1 nitrogen and oxygen atoms in total. The van der Waals surface area contributed by atoms with E-state index < -0.39 is 0 Å². The van der Waals surface area contributed by atoms with Crippen molar-refractivity contribution < 1.29 is 39.1 Å². The Hall–Kier alpha value is 2.45. The van der Waals surface area contributed by atoms with Crippen molar-refractivity contribution in [3.63, 3.8) is 0 Å². The van der Waals surface area contributed by atoms with E-state index in [-0.39, 0.29) is 86.7 Å². The number of hydrogen-bond acceptors (Lipinski definition) is 1. The maximum atomic E-state index is 9.49. The van der Waals surface area contributed by atoms with Gasteiger partial charge in [-0.3, -0.25) is 0 Å². The summed E-state index contributed by atoms with van der Waals surface area (Å²) in [4.78, 5) is 0. The molecule has 5 heteroatoms. The van der Waals surface area contributed by atoms with E-state index in [4.69, 9.17) is 0 Å². The first-order chi connectivity index (χ1) is 2.41. The average molecular weight is 281 g/mol. The summed E-state index contributed by atoms with van der Waals surface area (Å²) in [7, 11) is 0. The zero-order valence-electron chi connectivity index (χ0n) is 5.41. The molecule has 0 rings (SSSR count). The predicted molar refractivity (Wildman–Crippen MR) is 31.0 cm³/mol. The van der Waals surface area contributed by atoms with Crippen molar-refractivity contribution >= 4 is 46.1 Å². The standard InChI is InChI=1S/C4H8O.2BrH.2Mg/c1-2-3-4-5;;;;/h1-4H2;2*1H;;/q-2;;;2*+2/p-2. The van der Waals surface area contributed by atoms with Gasteiger partial charge < -0.3 is 46.0 Å². The molecule has 0 aromatic rings. The van der Waals surface area contributed by atoms with Crippen LogP contribution >= 0.6 is 0 Å². The monoisotopic (exact) mass is 278 g/mol. The summed E-state index contributed by atoms with van der Waals surface area (Å²) in [6, 6.07) is 0. The van der Waals surface area contributed by atoms with Crippen LogP contribution in [-0.2, 0) is 0 Å². The third-order valence-corrected chi connectivity index (χ3v) is 0.394. The summed E-state index contributed by atoms with van der Waals surface area (Å²) < 4.78 is 0. The van der Waals surface area contributed by atoms with Crippen LogP contribution in [0.5, 0.6) is 0 Å². The van der Waals surface area contributed by atoms with Crippen LogP contribution in [0.25, 0.3) is 0 Å². The van der Waals surface area contributed by atoms with Crippen LogP contribution in [0.2, 0.25) is 0 Å². The fourth-order valence-electron chi connectivity index (χ4n) is 0.102. The van der Waals surface area contributed by atoms with Crippen molar-refractivity contribution in [2.45, 2.75) is 12.8 Å². The molecule has 0 saturated carbocycles. The summed E-state index contributed by atoms with van der Waals surface area (Å²) in [5, 5.41) is 9.49. The third kappa shape index (κ3) is 37.7. The van der Waals surface area contributed by atoms with Crippen LogP contribution in [0.3, 0.4) is 0 Å². The first kappa shape index (κ1) is 30.1. The SMILES string of the molecule is [Br-].[Br-].[CH2-]CCC[O-].[Mg+2].[Mg+2]. The Morgan fingerprint density at radius 2 is 1.44 bits per heavy atom. The second-order valence-corrected chi connectivity index (χ2v) is 0.911. The Balaban J connectivity index is -0.0000000133. The van der Waals surface area contributed by atoms with Crippen molar-refractivity contribution in [1.82, 2.24) is 0 Å². The largest absolute Gasteiger partial charge is 2.00 e. The molecule has 0 spiro atoms. The van der Waals surface area contributed by atoms with Gasteiger partial charge in [0.2, 0.25) is 0 Å². The second-order valence-electron chi connectivity index (χ2n) is 0.911. The van der Waals surface area contributed by atoms with Crippen LogP contribution in [0.1, 0.15) is 12.8 Å². The van der Waals surface area contributed by atoms with E-state index in [9.17, 15) is 5.11 Å². The van der Waals surface area contributed by atoms with Gasteiger partial charge in [0.25, 0.3) is 0 Å². The third-order valence-electron chi connectivity index (χ3n) is 0.394. The van der Waals surface area contributed by atoms with Gasteiger partial charge in [0.15, 0.2) is 0 Å². The van der Waals surface area contributed by atoms with E-state index in [1.54, 1.807) is 0 Å². The molecular weight excluding hydrogens is 272 g/mol. The Morgan fingerprint density at radius 3 is 1.44 bits per heavy atom. The topological polar surface area (TPSA) is 23.1 Å². The molecule has 0 unspecified atom stereocenters. The van der Waals surface area contributed by atoms with Gasteiger partial charge in [-0.15, -0.1) is 6.61 Å². The van der Waals surface area contributed by atoms with Gasteiger partial charge in [0.05, 0.1) is 0 Å².